The summed E-state index contributed by atoms with van der Waals surface area (Å²) in [5.74, 6) is 0.269. The summed E-state index contributed by atoms with van der Waals surface area (Å²) in [7, 11) is -3.71. The average molecular weight is 554 g/mol. The third-order valence-corrected chi connectivity index (χ3v) is 8.64. The topological polar surface area (TPSA) is 145 Å². The Bertz CT molecular complexity index is 1410. The Morgan fingerprint density at radius 1 is 1.10 bits per heavy atom. The van der Waals surface area contributed by atoms with E-state index in [4.69, 9.17) is 10.8 Å². The van der Waals surface area contributed by atoms with Crippen LogP contribution in [0.5, 0.6) is 0 Å². The Kier molecular flexibility index (Phi) is 8.71. The first-order chi connectivity index (χ1) is 18.6. The quantitative estimate of drug-likeness (QED) is 0.409. The van der Waals surface area contributed by atoms with Crippen molar-refractivity contribution in [2.75, 3.05) is 32.7 Å². The summed E-state index contributed by atoms with van der Waals surface area (Å²) in [6, 6.07) is 12.3. The number of carbonyl (C=O) groups excluding carboxylic acids is 1. The number of amides is 2. The minimum absolute atomic E-state index is 0.0290. The van der Waals surface area contributed by atoms with Gasteiger partial charge in [0.15, 0.2) is 0 Å². The van der Waals surface area contributed by atoms with Crippen LogP contribution in [0.4, 0.5) is 10.5 Å². The number of nitrogens with zero attached hydrogens (tertiary/aromatic N) is 3. The van der Waals surface area contributed by atoms with Gasteiger partial charge in [0.2, 0.25) is 15.9 Å². The van der Waals surface area contributed by atoms with Crippen LogP contribution in [0, 0.1) is 5.92 Å². The summed E-state index contributed by atoms with van der Waals surface area (Å²) in [5, 5.41) is 11.0. The van der Waals surface area contributed by atoms with E-state index in [0.29, 0.717) is 35.7 Å². The van der Waals surface area contributed by atoms with Gasteiger partial charge in [-0.25, -0.2) is 18.2 Å². The second-order valence-corrected chi connectivity index (χ2v) is 11.9. The van der Waals surface area contributed by atoms with Crippen molar-refractivity contribution >= 4 is 39.6 Å². The van der Waals surface area contributed by atoms with E-state index in [1.54, 1.807) is 18.2 Å². The normalized spacial score (nSPS) is 15.8. The molecule has 1 fully saturated rings. The fourth-order valence-electron chi connectivity index (χ4n) is 4.83. The third kappa shape index (κ3) is 6.48. The van der Waals surface area contributed by atoms with E-state index in [-0.39, 0.29) is 42.8 Å². The maximum absolute atomic E-state index is 13.2. The van der Waals surface area contributed by atoms with Crippen molar-refractivity contribution in [3.63, 3.8) is 0 Å². The molecule has 0 unspecified atom stereocenters. The summed E-state index contributed by atoms with van der Waals surface area (Å²) in [5.41, 5.74) is 9.70. The van der Waals surface area contributed by atoms with E-state index >= 15 is 0 Å². The molecule has 2 amide bonds. The lowest BCUT2D eigenvalue weighted by molar-refractivity contribution is -0.127. The van der Waals surface area contributed by atoms with Crippen molar-refractivity contribution in [3.05, 3.63) is 53.6 Å². The molecule has 0 aromatic heterocycles. The molecule has 2 heterocycles. The van der Waals surface area contributed by atoms with Gasteiger partial charge in [-0.05, 0) is 48.2 Å². The van der Waals surface area contributed by atoms with Gasteiger partial charge in [0.05, 0.1) is 10.6 Å². The highest BCUT2D eigenvalue weighted by Gasteiger charge is 2.36. The maximum atomic E-state index is 13.2. The molecule has 2 aliphatic heterocycles. The number of hydrogen-bond acceptors (Lipinski definition) is 6. The molecule has 0 aliphatic carbocycles. The van der Waals surface area contributed by atoms with Gasteiger partial charge in [0, 0.05) is 56.2 Å². The average Bonchev–Trinajstić information content (AvgIpc) is 3.04. The van der Waals surface area contributed by atoms with Gasteiger partial charge >= 0.3 is 6.09 Å². The van der Waals surface area contributed by atoms with Crippen LogP contribution in [0.25, 0.3) is 17.2 Å². The highest BCUT2D eigenvalue weighted by atomic mass is 32.2. The molecule has 10 nitrogen and oxygen atoms in total. The van der Waals surface area contributed by atoms with Crippen LogP contribution in [0.2, 0.25) is 0 Å². The number of amidine groups is 1. The number of rotatable bonds is 10. The SMILES string of the molecule is CCCN(CCC)C(=O)C1=Cc2ccc(-c3cccc(S(=O)(=O)N4CC(CNC(=O)O)C4)c3)cc2N=C(N)C1. The van der Waals surface area contributed by atoms with E-state index in [1.807, 2.05) is 49.1 Å². The Hall–Kier alpha value is -3.70. The molecule has 0 radical (unpaired) electrons. The van der Waals surface area contributed by atoms with E-state index in [2.05, 4.69) is 10.3 Å². The van der Waals surface area contributed by atoms with E-state index in [9.17, 15) is 18.0 Å². The van der Waals surface area contributed by atoms with Crippen LogP contribution >= 0.6 is 0 Å². The van der Waals surface area contributed by atoms with E-state index < -0.39 is 16.1 Å². The van der Waals surface area contributed by atoms with Crippen molar-refractivity contribution < 1.29 is 23.1 Å². The molecule has 2 aromatic rings. The zero-order valence-electron chi connectivity index (χ0n) is 22.3. The molecule has 0 spiro atoms. The molecular weight excluding hydrogens is 518 g/mol. The summed E-state index contributed by atoms with van der Waals surface area (Å²) < 4.78 is 27.7. The highest BCUT2D eigenvalue weighted by molar-refractivity contribution is 7.89. The highest BCUT2D eigenvalue weighted by Crippen LogP contribution is 2.34. The monoisotopic (exact) mass is 553 g/mol. The van der Waals surface area contributed by atoms with Crippen LogP contribution in [0.15, 0.2) is 57.9 Å². The van der Waals surface area contributed by atoms with Gasteiger partial charge in [0.25, 0.3) is 0 Å². The van der Waals surface area contributed by atoms with Gasteiger partial charge in [-0.3, -0.25) is 4.79 Å². The lowest BCUT2D eigenvalue weighted by Crippen LogP contribution is -2.53. The molecule has 0 saturated carbocycles. The first-order valence-corrected chi connectivity index (χ1v) is 14.6. The molecule has 4 rings (SSSR count). The molecule has 1 saturated heterocycles. The summed E-state index contributed by atoms with van der Waals surface area (Å²) >= 11 is 0. The molecule has 11 heteroatoms. The summed E-state index contributed by atoms with van der Waals surface area (Å²) in [4.78, 5) is 30.5. The molecule has 0 atom stereocenters. The Morgan fingerprint density at radius 3 is 2.46 bits per heavy atom. The molecule has 2 aromatic carbocycles. The van der Waals surface area contributed by atoms with Crippen molar-refractivity contribution in [1.29, 1.82) is 0 Å². The number of nitrogens with one attached hydrogen (secondary N) is 1. The van der Waals surface area contributed by atoms with E-state index in [0.717, 1.165) is 24.0 Å². The molecular formula is C28H35N5O5S. The van der Waals surface area contributed by atoms with Gasteiger partial charge in [-0.1, -0.05) is 38.1 Å². The van der Waals surface area contributed by atoms with Crippen molar-refractivity contribution in [2.24, 2.45) is 16.6 Å². The third-order valence-electron chi connectivity index (χ3n) is 6.82. The number of aliphatic imine (C=N–C) groups is 1. The van der Waals surface area contributed by atoms with Crippen molar-refractivity contribution in [1.82, 2.24) is 14.5 Å². The van der Waals surface area contributed by atoms with Crippen LogP contribution in [-0.2, 0) is 14.8 Å². The van der Waals surface area contributed by atoms with Crippen LogP contribution in [-0.4, -0.2) is 73.3 Å². The lowest BCUT2D eigenvalue weighted by atomic mass is 10.0. The molecule has 2 aliphatic rings. The van der Waals surface area contributed by atoms with Crippen molar-refractivity contribution in [2.45, 2.75) is 38.0 Å². The standard InChI is InChI=1S/C28H35N5O5S/c1-3-10-32(11-4-2)27(34)23-12-22-9-8-21(14-25(22)31-26(29)15-23)20-6-5-7-24(13-20)39(37,38)33-17-19(18-33)16-30-28(35)36/h5-9,12-14,19,30H,3-4,10-11,15-18H2,1-2H3,(H2,29,31)(H,35,36). The molecule has 0 bridgehead atoms. The van der Waals surface area contributed by atoms with E-state index in [1.165, 1.54) is 4.31 Å². The molecule has 208 valence electrons. The van der Waals surface area contributed by atoms with Crippen molar-refractivity contribution in [3.8, 4) is 11.1 Å². The number of benzene rings is 2. The zero-order chi connectivity index (χ0) is 28.2. The predicted octanol–water partition coefficient (Wildman–Crippen LogP) is 3.67. The number of carbonyl (C=O) groups is 2. The van der Waals surface area contributed by atoms with Gasteiger partial charge in [0.1, 0.15) is 5.84 Å². The maximum Gasteiger partial charge on any atom is 0.404 e. The molecule has 39 heavy (non-hydrogen) atoms. The predicted molar refractivity (Wildman–Crippen MR) is 151 cm³/mol. The fourth-order valence-corrected chi connectivity index (χ4v) is 6.47. The minimum Gasteiger partial charge on any atom is -0.465 e. The number of fused-ring (bicyclic) bond motifs is 1. The van der Waals surface area contributed by atoms with Crippen LogP contribution in [0.3, 0.4) is 0 Å². The Labute approximate surface area is 229 Å². The second kappa shape index (κ2) is 12.0. The second-order valence-electron chi connectivity index (χ2n) is 9.92. The first-order valence-electron chi connectivity index (χ1n) is 13.2. The largest absolute Gasteiger partial charge is 0.465 e. The zero-order valence-corrected chi connectivity index (χ0v) is 23.1. The van der Waals surface area contributed by atoms with Crippen LogP contribution in [0.1, 0.15) is 38.7 Å². The number of nitrogens with two attached hydrogens (primary N) is 1. The smallest absolute Gasteiger partial charge is 0.404 e. The lowest BCUT2D eigenvalue weighted by Gasteiger charge is -2.37. The Balaban J connectivity index is 1.57. The summed E-state index contributed by atoms with van der Waals surface area (Å²) in [6.45, 7) is 6.21. The first kappa shape index (κ1) is 28.3. The van der Waals surface area contributed by atoms with Gasteiger partial charge < -0.3 is 21.1 Å². The summed E-state index contributed by atoms with van der Waals surface area (Å²) in [6.07, 6.45) is 2.74. The fraction of sp³-hybridized carbons (Fsp3) is 0.393. The van der Waals surface area contributed by atoms with Gasteiger partial charge in [-0.15, -0.1) is 0 Å². The molecule has 4 N–H and O–H groups in total. The number of hydrogen-bond donors (Lipinski definition) is 3. The minimum atomic E-state index is -3.71. The number of sulfonamides is 1. The van der Waals surface area contributed by atoms with Crippen LogP contribution < -0.4 is 11.1 Å². The number of carboxylic acid groups (broad SMARTS) is 1. The Morgan fingerprint density at radius 2 is 1.79 bits per heavy atom. The van der Waals surface area contributed by atoms with Gasteiger partial charge in [-0.2, -0.15) is 4.31 Å².